The zero-order valence-corrected chi connectivity index (χ0v) is 21.2. The minimum atomic E-state index is -3.10. The highest BCUT2D eigenvalue weighted by Crippen LogP contribution is 2.41. The molecule has 182 valence electrons. The number of nitrogens with zero attached hydrogens (tertiary/aromatic N) is 2. The number of benzene rings is 2. The Labute approximate surface area is 209 Å². The highest BCUT2D eigenvalue weighted by molar-refractivity contribution is 7.17. The lowest BCUT2D eigenvalue weighted by Crippen LogP contribution is -2.29. The van der Waals surface area contributed by atoms with E-state index >= 15 is 0 Å². The number of methoxy groups -OCH3 is 1. The molecule has 0 aromatic heterocycles. The molecule has 4 rings (SSSR count). The van der Waals surface area contributed by atoms with Gasteiger partial charge in [-0.3, -0.25) is 4.90 Å². The van der Waals surface area contributed by atoms with Gasteiger partial charge in [0.1, 0.15) is 11.8 Å². The van der Waals surface area contributed by atoms with Crippen LogP contribution in [0, 0.1) is 11.3 Å². The van der Waals surface area contributed by atoms with Crippen molar-refractivity contribution in [3.05, 3.63) is 81.9 Å². The Morgan fingerprint density at radius 2 is 1.89 bits per heavy atom. The van der Waals surface area contributed by atoms with Crippen LogP contribution in [0.3, 0.4) is 0 Å². The maximum Gasteiger partial charge on any atom is 0.284 e. The molecule has 0 radical (unpaired) electrons. The summed E-state index contributed by atoms with van der Waals surface area (Å²) >= 11 is 0. The number of piperidine rings is 1. The number of halogens is 2. The molecular weight excluding hydrogens is 461 g/mol. The fraction of sp³-hybridized carbons (Fsp3) is 0.345. The Hall–Kier alpha value is -2.80. The van der Waals surface area contributed by atoms with Gasteiger partial charge in [-0.2, -0.15) is 14.0 Å². The van der Waals surface area contributed by atoms with E-state index < -0.39 is 5.66 Å². The molecule has 0 amide bonds. The minimum absolute atomic E-state index is 0.0702. The average Bonchev–Trinajstić information content (AvgIpc) is 2.88. The maximum atomic E-state index is 14.7. The lowest BCUT2D eigenvalue weighted by Gasteiger charge is -2.28. The van der Waals surface area contributed by atoms with Crippen LogP contribution in [0.5, 0.6) is 5.75 Å². The summed E-state index contributed by atoms with van der Waals surface area (Å²) in [6.07, 6.45) is 15.1. The van der Waals surface area contributed by atoms with Crippen LogP contribution in [0.15, 0.2) is 48.6 Å². The fourth-order valence-electron chi connectivity index (χ4n) is 4.81. The Bertz CT molecular complexity index is 1200. The summed E-state index contributed by atoms with van der Waals surface area (Å²) in [6.45, 7) is 2.52. The normalized spacial score (nSPS) is 16.8. The number of rotatable bonds is 7. The van der Waals surface area contributed by atoms with Crippen LogP contribution >= 0.6 is 9.24 Å². The molecule has 1 aliphatic carbocycles. The fourth-order valence-corrected chi connectivity index (χ4v) is 5.06. The van der Waals surface area contributed by atoms with Crippen molar-refractivity contribution in [2.75, 3.05) is 20.2 Å². The zero-order chi connectivity index (χ0) is 24.8. The van der Waals surface area contributed by atoms with Crippen LogP contribution in [0.25, 0.3) is 17.7 Å². The maximum absolute atomic E-state index is 14.7. The van der Waals surface area contributed by atoms with Gasteiger partial charge in [0, 0.05) is 17.7 Å². The van der Waals surface area contributed by atoms with Gasteiger partial charge in [0.05, 0.1) is 12.7 Å². The number of hydrogen-bond acceptors (Lipinski definition) is 3. The summed E-state index contributed by atoms with van der Waals surface area (Å²) in [5.74, 6) is 0.597. The van der Waals surface area contributed by atoms with Crippen LogP contribution in [0.4, 0.5) is 8.78 Å². The third-order valence-corrected chi connectivity index (χ3v) is 6.92. The van der Waals surface area contributed by atoms with Gasteiger partial charge in [-0.25, -0.2) is 0 Å². The van der Waals surface area contributed by atoms with Gasteiger partial charge in [-0.05, 0) is 73.2 Å². The molecule has 1 saturated heterocycles. The first-order valence-corrected chi connectivity index (χ1v) is 12.7. The van der Waals surface area contributed by atoms with Crippen molar-refractivity contribution < 1.29 is 13.5 Å². The predicted molar refractivity (Wildman–Crippen MR) is 142 cm³/mol. The van der Waals surface area contributed by atoms with Crippen molar-refractivity contribution in [3.8, 4) is 11.8 Å². The van der Waals surface area contributed by atoms with E-state index in [1.807, 2.05) is 24.3 Å². The molecule has 2 aromatic carbocycles. The van der Waals surface area contributed by atoms with Crippen molar-refractivity contribution in [2.45, 2.75) is 44.3 Å². The second kappa shape index (κ2) is 11.3. The lowest BCUT2D eigenvalue weighted by molar-refractivity contribution is 0.103. The van der Waals surface area contributed by atoms with Gasteiger partial charge >= 0.3 is 0 Å². The molecule has 1 unspecified atom stereocenters. The van der Waals surface area contributed by atoms with Crippen LogP contribution in [-0.2, 0) is 12.2 Å². The minimum Gasteiger partial charge on any atom is -0.496 e. The van der Waals surface area contributed by atoms with E-state index in [1.54, 1.807) is 40.6 Å². The predicted octanol–water partition coefficient (Wildman–Crippen LogP) is 7.38. The summed E-state index contributed by atoms with van der Waals surface area (Å²) in [7, 11) is 3.23. The Morgan fingerprint density at radius 1 is 1.11 bits per heavy atom. The Morgan fingerprint density at radius 3 is 2.54 bits per heavy atom. The monoisotopic (exact) mass is 492 g/mol. The van der Waals surface area contributed by atoms with Gasteiger partial charge < -0.3 is 4.74 Å². The molecule has 2 aliphatic rings. The summed E-state index contributed by atoms with van der Waals surface area (Å²) in [6, 6.07) is 11.2. The molecule has 0 spiro atoms. The van der Waals surface area contributed by atoms with E-state index in [4.69, 9.17) is 4.74 Å². The Kier molecular flexibility index (Phi) is 8.16. The van der Waals surface area contributed by atoms with Crippen molar-refractivity contribution in [1.29, 1.82) is 5.26 Å². The Balaban J connectivity index is 1.72. The van der Waals surface area contributed by atoms with Crippen LogP contribution in [0.1, 0.15) is 65.5 Å². The molecule has 1 aliphatic heterocycles. The van der Waals surface area contributed by atoms with Crippen molar-refractivity contribution in [3.63, 3.8) is 0 Å². The first kappa shape index (κ1) is 25.3. The number of hydrogen-bond donors (Lipinski definition) is 0. The molecule has 35 heavy (non-hydrogen) atoms. The number of likely N-dealkylation sites (tertiary alicyclic amines) is 1. The average molecular weight is 493 g/mol. The van der Waals surface area contributed by atoms with Crippen LogP contribution in [0.2, 0.25) is 0 Å². The quantitative estimate of drug-likeness (QED) is 0.299. The first-order valence-electron chi connectivity index (χ1n) is 12.1. The number of nitriles is 1. The zero-order valence-electron chi connectivity index (χ0n) is 20.1. The lowest BCUT2D eigenvalue weighted by atomic mass is 9.92. The van der Waals surface area contributed by atoms with Gasteiger partial charge in [-0.1, -0.05) is 64.2 Å². The molecule has 1 heterocycles. The van der Waals surface area contributed by atoms with E-state index in [0.29, 0.717) is 29.0 Å². The summed E-state index contributed by atoms with van der Waals surface area (Å²) < 4.78 is 35.0. The molecule has 1 fully saturated rings. The van der Waals surface area contributed by atoms with Gasteiger partial charge in [-0.15, -0.1) is 0 Å². The summed E-state index contributed by atoms with van der Waals surface area (Å²) in [5.41, 5.74) is 1.07. The second-order valence-electron chi connectivity index (χ2n) is 9.07. The van der Waals surface area contributed by atoms with Crippen LogP contribution < -0.4 is 4.74 Å². The summed E-state index contributed by atoms with van der Waals surface area (Å²) in [4.78, 5) is 2.29. The van der Waals surface area contributed by atoms with E-state index in [9.17, 15) is 14.0 Å². The van der Waals surface area contributed by atoms with Crippen molar-refractivity contribution in [1.82, 2.24) is 4.90 Å². The molecule has 3 nitrogen and oxygen atoms in total. The highest BCUT2D eigenvalue weighted by atomic mass is 31.0. The second-order valence-corrected chi connectivity index (χ2v) is 9.79. The molecule has 0 N–H and O–H groups in total. The number of ether oxygens (including phenoxy) is 1. The third-order valence-electron chi connectivity index (χ3n) is 6.61. The molecule has 1 atom stereocenters. The number of alkyl halides is 2. The van der Waals surface area contributed by atoms with Crippen molar-refractivity contribution in [2.24, 2.45) is 0 Å². The molecule has 6 heteroatoms. The number of allylic oxidation sites excluding steroid dienone is 4. The molecule has 0 saturated carbocycles. The van der Waals surface area contributed by atoms with Crippen molar-refractivity contribution >= 4 is 27.0 Å². The van der Waals surface area contributed by atoms with Gasteiger partial charge in [0.2, 0.25) is 0 Å². The smallest absolute Gasteiger partial charge is 0.284 e. The SMILES string of the molecule is COc1cc(/C=C/c2cccc(C3=CCCC=C3)c2C#N)c(C(F)(F)P)cc1CN1CCCCC1. The largest absolute Gasteiger partial charge is 0.496 e. The van der Waals surface area contributed by atoms with E-state index in [-0.39, 0.29) is 5.56 Å². The molecular formula is C29H31F2N2OP. The van der Waals surface area contributed by atoms with E-state index in [0.717, 1.165) is 55.5 Å². The van der Waals surface area contributed by atoms with E-state index in [1.165, 1.54) is 6.42 Å². The standard InChI is InChI=1S/C29H31F2N2OP/c1-34-28-18-23(27(29(30,31)35)17-24(28)20-33-15-6-3-7-16-33)14-13-22-11-8-12-25(26(22)19-32)21-9-4-2-5-10-21/h4,8-14,17-18H,2-3,5-7,15-16,20,35H2,1H3/b14-13+. The van der Waals surface area contributed by atoms with Gasteiger partial charge in [0.25, 0.3) is 5.66 Å². The topological polar surface area (TPSA) is 36.3 Å². The highest BCUT2D eigenvalue weighted by Gasteiger charge is 2.29. The summed E-state index contributed by atoms with van der Waals surface area (Å²) in [5, 5.41) is 9.90. The molecule has 2 aromatic rings. The van der Waals surface area contributed by atoms with Crippen LogP contribution in [-0.4, -0.2) is 25.1 Å². The molecule has 0 bridgehead atoms. The first-order chi connectivity index (χ1) is 16.9. The third kappa shape index (κ3) is 6.07. The van der Waals surface area contributed by atoms with Gasteiger partial charge in [0.15, 0.2) is 0 Å². The van der Waals surface area contributed by atoms with E-state index in [2.05, 4.69) is 23.1 Å².